The minimum absolute atomic E-state index is 0.403. The van der Waals surface area contributed by atoms with Gasteiger partial charge in [-0.25, -0.2) is 0 Å². The van der Waals surface area contributed by atoms with Crippen molar-refractivity contribution < 1.29 is 40.6 Å². The van der Waals surface area contributed by atoms with Gasteiger partial charge < -0.3 is 9.47 Å². The molecule has 1 heterocycles. The van der Waals surface area contributed by atoms with Crippen molar-refractivity contribution in [1.82, 2.24) is 4.98 Å². The van der Waals surface area contributed by atoms with Crippen LogP contribution in [0.5, 0.6) is 5.75 Å². The minimum Gasteiger partial charge on any atom is -0.469 e. The molecule has 0 aromatic carbocycles. The predicted molar refractivity (Wildman–Crippen MR) is 64.3 cm³/mol. The molecule has 11 heteroatoms. The summed E-state index contributed by atoms with van der Waals surface area (Å²) in [5, 5.41) is -0.403. The average molecular weight is 396 g/mol. The number of carbonyl (C=O) groups is 1. The van der Waals surface area contributed by atoms with Crippen molar-refractivity contribution in [3.8, 4) is 5.75 Å². The molecule has 0 aliphatic heterocycles. The highest BCUT2D eigenvalue weighted by atomic mass is 79.9. The molecule has 4 nitrogen and oxygen atoms in total. The Bertz CT molecular complexity index is 558. The number of carbonyl (C=O) groups excluding carboxylic acids is 1. The monoisotopic (exact) mass is 395 g/mol. The number of hydrogen-bond acceptors (Lipinski definition) is 4. The molecule has 0 atom stereocenters. The van der Waals surface area contributed by atoms with Crippen LogP contribution in [0.15, 0.2) is 6.20 Å². The van der Waals surface area contributed by atoms with Crippen LogP contribution in [-0.4, -0.2) is 24.4 Å². The Morgan fingerprint density at radius 2 is 1.86 bits per heavy atom. The maximum Gasteiger partial charge on any atom is 0.573 e. The summed E-state index contributed by atoms with van der Waals surface area (Å²) in [6.45, 7) is 0. The topological polar surface area (TPSA) is 48.4 Å². The Kier molecular flexibility index (Phi) is 5.65. The van der Waals surface area contributed by atoms with Crippen LogP contribution < -0.4 is 4.74 Å². The lowest BCUT2D eigenvalue weighted by molar-refractivity contribution is -0.276. The molecule has 1 aromatic rings. The van der Waals surface area contributed by atoms with E-state index in [1.807, 2.05) is 0 Å². The van der Waals surface area contributed by atoms with Crippen molar-refractivity contribution in [1.29, 1.82) is 0 Å². The van der Waals surface area contributed by atoms with E-state index in [-0.39, 0.29) is 0 Å². The van der Waals surface area contributed by atoms with E-state index >= 15 is 0 Å². The molecule has 0 amide bonds. The van der Waals surface area contributed by atoms with Crippen molar-refractivity contribution >= 4 is 21.9 Å². The van der Waals surface area contributed by atoms with Gasteiger partial charge in [0.1, 0.15) is 5.56 Å². The zero-order valence-corrected chi connectivity index (χ0v) is 12.4. The van der Waals surface area contributed by atoms with Crippen LogP contribution in [0.1, 0.15) is 16.8 Å². The number of nitrogens with zero attached hydrogens (tertiary/aromatic N) is 1. The minimum atomic E-state index is -5.34. The Labute approximate surface area is 128 Å². The van der Waals surface area contributed by atoms with Gasteiger partial charge in [-0.05, 0) is 5.56 Å². The third-order valence-electron chi connectivity index (χ3n) is 2.38. The fraction of sp³-hybridized carbons (Fsp3) is 0.455. The highest BCUT2D eigenvalue weighted by molar-refractivity contribution is 9.08. The number of methoxy groups -OCH3 is 1. The summed E-state index contributed by atoms with van der Waals surface area (Å²) in [6, 6.07) is 0. The van der Waals surface area contributed by atoms with Gasteiger partial charge in [0.15, 0.2) is 5.75 Å². The second kappa shape index (κ2) is 6.71. The molecular weight excluding hydrogens is 388 g/mol. The largest absolute Gasteiger partial charge is 0.573 e. The SMILES string of the molecule is COC(=O)Cc1cnc(CBr)c(OC(F)(F)F)c1C(F)(F)F. The molecule has 0 bridgehead atoms. The smallest absolute Gasteiger partial charge is 0.469 e. The predicted octanol–water partition coefficient (Wildman–Crippen LogP) is 3.61. The van der Waals surface area contributed by atoms with Gasteiger partial charge in [0.2, 0.25) is 0 Å². The molecule has 0 aliphatic rings. The van der Waals surface area contributed by atoms with Gasteiger partial charge in [0, 0.05) is 11.5 Å². The molecule has 22 heavy (non-hydrogen) atoms. The first-order valence-corrected chi connectivity index (χ1v) is 6.58. The Balaban J connectivity index is 3.54. The number of rotatable bonds is 4. The molecule has 0 N–H and O–H groups in total. The summed E-state index contributed by atoms with van der Waals surface area (Å²) in [4.78, 5) is 14.6. The number of esters is 1. The molecule has 0 radical (unpaired) electrons. The van der Waals surface area contributed by atoms with E-state index in [1.165, 1.54) is 0 Å². The van der Waals surface area contributed by atoms with Gasteiger partial charge in [-0.3, -0.25) is 9.78 Å². The maximum atomic E-state index is 13.1. The van der Waals surface area contributed by atoms with E-state index in [4.69, 9.17) is 0 Å². The lowest BCUT2D eigenvalue weighted by atomic mass is 10.0. The Morgan fingerprint density at radius 1 is 1.27 bits per heavy atom. The summed E-state index contributed by atoms with van der Waals surface area (Å²) in [5.74, 6) is -2.55. The van der Waals surface area contributed by atoms with Gasteiger partial charge in [0.05, 0.1) is 19.2 Å². The molecule has 0 fully saturated rings. The van der Waals surface area contributed by atoms with Crippen LogP contribution in [0.3, 0.4) is 0 Å². The van der Waals surface area contributed by atoms with Crippen LogP contribution in [0.4, 0.5) is 26.3 Å². The first kappa shape index (κ1) is 18.5. The highest BCUT2D eigenvalue weighted by Gasteiger charge is 2.43. The van der Waals surface area contributed by atoms with Crippen molar-refractivity contribution in [2.75, 3.05) is 7.11 Å². The second-order valence-electron chi connectivity index (χ2n) is 3.87. The third kappa shape index (κ3) is 4.75. The molecular formula is C11H8BrF6NO3. The Morgan fingerprint density at radius 3 is 2.27 bits per heavy atom. The zero-order chi connectivity index (χ0) is 17.1. The number of aromatic nitrogens is 1. The summed E-state index contributed by atoms with van der Waals surface area (Å²) in [7, 11) is 0.934. The van der Waals surface area contributed by atoms with Gasteiger partial charge in [-0.1, -0.05) is 15.9 Å². The van der Waals surface area contributed by atoms with E-state index in [9.17, 15) is 31.1 Å². The van der Waals surface area contributed by atoms with Gasteiger partial charge in [0.25, 0.3) is 0 Å². The summed E-state index contributed by atoms with van der Waals surface area (Å²) < 4.78 is 84.1. The van der Waals surface area contributed by atoms with Crippen LogP contribution in [-0.2, 0) is 27.5 Å². The first-order valence-electron chi connectivity index (χ1n) is 5.46. The summed E-state index contributed by atoms with van der Waals surface area (Å²) in [5.41, 5.74) is -3.08. The fourth-order valence-corrected chi connectivity index (χ4v) is 1.96. The number of alkyl halides is 7. The van der Waals surface area contributed by atoms with E-state index in [2.05, 4.69) is 30.4 Å². The molecule has 1 rings (SSSR count). The molecule has 0 saturated heterocycles. The lowest BCUT2D eigenvalue weighted by Crippen LogP contribution is -2.23. The van der Waals surface area contributed by atoms with Crippen molar-refractivity contribution in [3.63, 3.8) is 0 Å². The van der Waals surface area contributed by atoms with E-state index in [0.717, 1.165) is 7.11 Å². The first-order chi connectivity index (χ1) is 9.99. The van der Waals surface area contributed by atoms with Crippen molar-refractivity contribution in [3.05, 3.63) is 23.0 Å². The van der Waals surface area contributed by atoms with Crippen LogP contribution in [0.25, 0.3) is 0 Å². The zero-order valence-electron chi connectivity index (χ0n) is 10.8. The number of pyridine rings is 1. The number of halogens is 7. The molecule has 0 saturated carbocycles. The third-order valence-corrected chi connectivity index (χ3v) is 2.91. The Hall–Kier alpha value is -1.52. The second-order valence-corrected chi connectivity index (χ2v) is 4.43. The molecule has 1 aromatic heterocycles. The van der Waals surface area contributed by atoms with Crippen LogP contribution >= 0.6 is 15.9 Å². The number of hydrogen-bond donors (Lipinski definition) is 0. The van der Waals surface area contributed by atoms with E-state index in [0.29, 0.717) is 6.20 Å². The molecule has 0 unspecified atom stereocenters. The van der Waals surface area contributed by atoms with Gasteiger partial charge >= 0.3 is 18.5 Å². The van der Waals surface area contributed by atoms with Crippen molar-refractivity contribution in [2.45, 2.75) is 24.3 Å². The summed E-state index contributed by atoms with van der Waals surface area (Å²) >= 11 is 2.74. The quantitative estimate of drug-likeness (QED) is 0.444. The summed E-state index contributed by atoms with van der Waals surface area (Å²) in [6.07, 6.45) is -10.7. The molecule has 124 valence electrons. The van der Waals surface area contributed by atoms with E-state index in [1.54, 1.807) is 0 Å². The fourth-order valence-electron chi connectivity index (χ4n) is 1.56. The van der Waals surface area contributed by atoms with Gasteiger partial charge in [-0.15, -0.1) is 13.2 Å². The van der Waals surface area contributed by atoms with Crippen LogP contribution in [0, 0.1) is 0 Å². The van der Waals surface area contributed by atoms with Crippen LogP contribution in [0.2, 0.25) is 0 Å². The normalized spacial score (nSPS) is 12.2. The average Bonchev–Trinajstić information content (AvgIpc) is 2.35. The molecule has 0 aliphatic carbocycles. The lowest BCUT2D eigenvalue weighted by Gasteiger charge is -2.20. The molecule has 0 spiro atoms. The number of ether oxygens (including phenoxy) is 2. The van der Waals surface area contributed by atoms with Gasteiger partial charge in [-0.2, -0.15) is 13.2 Å². The van der Waals surface area contributed by atoms with Crippen molar-refractivity contribution in [2.24, 2.45) is 0 Å². The van der Waals surface area contributed by atoms with E-state index < -0.39 is 52.8 Å². The highest BCUT2D eigenvalue weighted by Crippen LogP contribution is 2.42. The maximum absolute atomic E-state index is 13.1. The standard InChI is InChI=1S/C11H8BrF6NO3/c1-21-7(20)2-5-4-19-6(3-12)9(22-11(16,17)18)8(5)10(13,14)15/h4H,2-3H2,1H3.